The van der Waals surface area contributed by atoms with Gasteiger partial charge in [-0.05, 0) is 51.9 Å². The minimum atomic E-state index is 0.239. The van der Waals surface area contributed by atoms with E-state index in [2.05, 4.69) is 16.7 Å². The number of likely N-dealkylation sites (tertiary alicyclic amines) is 2. The molecule has 2 saturated heterocycles. The average molecular weight is 255 g/mol. The number of ether oxygens (including phenoxy) is 1. The first-order chi connectivity index (χ1) is 8.74. The summed E-state index contributed by atoms with van der Waals surface area (Å²) in [5, 5.41) is 0. The molecule has 0 radical (unpaired) electrons. The fraction of sp³-hybridized carbons (Fsp3) is 1.00. The zero-order chi connectivity index (χ0) is 13.0. The lowest BCUT2D eigenvalue weighted by Gasteiger charge is -2.50. The van der Waals surface area contributed by atoms with Crippen LogP contribution in [0.4, 0.5) is 0 Å². The van der Waals surface area contributed by atoms with E-state index in [0.29, 0.717) is 6.10 Å². The van der Waals surface area contributed by atoms with E-state index in [1.807, 2.05) is 7.11 Å². The fourth-order valence-electron chi connectivity index (χ4n) is 3.50. The van der Waals surface area contributed by atoms with Crippen LogP contribution in [0.5, 0.6) is 0 Å². The van der Waals surface area contributed by atoms with Gasteiger partial charge in [-0.15, -0.1) is 0 Å². The van der Waals surface area contributed by atoms with Crippen molar-refractivity contribution < 1.29 is 4.74 Å². The van der Waals surface area contributed by atoms with Crippen LogP contribution in [-0.4, -0.2) is 67.8 Å². The molecule has 2 heterocycles. The molecule has 1 unspecified atom stereocenters. The zero-order valence-electron chi connectivity index (χ0n) is 12.0. The van der Waals surface area contributed by atoms with Gasteiger partial charge in [0.25, 0.3) is 0 Å². The average Bonchev–Trinajstić information content (AvgIpc) is 2.47. The van der Waals surface area contributed by atoms with E-state index in [9.17, 15) is 0 Å². The molecule has 2 fully saturated rings. The molecule has 0 spiro atoms. The van der Waals surface area contributed by atoms with Crippen LogP contribution in [0.3, 0.4) is 0 Å². The second-order valence-electron chi connectivity index (χ2n) is 5.81. The summed E-state index contributed by atoms with van der Waals surface area (Å²) in [4.78, 5) is 5.16. The van der Waals surface area contributed by atoms with Gasteiger partial charge >= 0.3 is 0 Å². The summed E-state index contributed by atoms with van der Waals surface area (Å²) in [6.45, 7) is 8.87. The maximum absolute atomic E-state index is 6.14. The summed E-state index contributed by atoms with van der Waals surface area (Å²) in [6, 6.07) is 0. The minimum absolute atomic E-state index is 0.239. The Hall–Kier alpha value is -0.160. The topological polar surface area (TPSA) is 41.7 Å². The van der Waals surface area contributed by atoms with E-state index in [4.69, 9.17) is 10.5 Å². The molecule has 0 aromatic heterocycles. The van der Waals surface area contributed by atoms with Crippen molar-refractivity contribution in [2.45, 2.75) is 44.2 Å². The van der Waals surface area contributed by atoms with Gasteiger partial charge in [-0.2, -0.15) is 0 Å². The van der Waals surface area contributed by atoms with Gasteiger partial charge in [0.2, 0.25) is 0 Å². The maximum atomic E-state index is 6.14. The van der Waals surface area contributed by atoms with E-state index in [0.717, 1.165) is 13.1 Å². The molecule has 4 nitrogen and oxygen atoms in total. The predicted octanol–water partition coefficient (Wildman–Crippen LogP) is 0.910. The number of hydrogen-bond acceptors (Lipinski definition) is 4. The van der Waals surface area contributed by atoms with Gasteiger partial charge in [0.15, 0.2) is 0 Å². The van der Waals surface area contributed by atoms with E-state index in [1.165, 1.54) is 51.9 Å². The predicted molar refractivity (Wildman–Crippen MR) is 74.7 cm³/mol. The Balaban J connectivity index is 1.99. The third-order valence-electron chi connectivity index (χ3n) is 5.00. The van der Waals surface area contributed by atoms with Crippen LogP contribution in [0.25, 0.3) is 0 Å². The first-order valence-corrected chi connectivity index (χ1v) is 7.44. The fourth-order valence-corrected chi connectivity index (χ4v) is 3.50. The van der Waals surface area contributed by atoms with Crippen molar-refractivity contribution in [2.24, 2.45) is 5.73 Å². The van der Waals surface area contributed by atoms with Crippen molar-refractivity contribution in [3.05, 3.63) is 0 Å². The van der Waals surface area contributed by atoms with Crippen molar-refractivity contribution in [3.8, 4) is 0 Å². The van der Waals surface area contributed by atoms with Gasteiger partial charge < -0.3 is 15.4 Å². The van der Waals surface area contributed by atoms with Crippen LogP contribution in [0.1, 0.15) is 32.6 Å². The molecule has 4 heteroatoms. The number of hydrogen-bond donors (Lipinski definition) is 1. The highest BCUT2D eigenvalue weighted by atomic mass is 16.5. The number of nitrogens with two attached hydrogens (primary N) is 1. The smallest absolute Gasteiger partial charge is 0.0698 e. The number of rotatable bonds is 4. The molecule has 2 rings (SSSR count). The molecule has 2 aliphatic rings. The standard InChI is InChI=1S/C14H29N3O/c1-3-16-9-6-14(12-15,7-10-16)17-8-4-5-13(11-17)18-2/h13H,3-12,15H2,1-2H3. The Morgan fingerprint density at radius 1 is 1.28 bits per heavy atom. The highest BCUT2D eigenvalue weighted by molar-refractivity contribution is 4.98. The molecule has 18 heavy (non-hydrogen) atoms. The van der Waals surface area contributed by atoms with Crippen molar-refractivity contribution in [1.82, 2.24) is 9.80 Å². The summed E-state index contributed by atoms with van der Waals surface area (Å²) in [6.07, 6.45) is 5.29. The largest absolute Gasteiger partial charge is 0.380 e. The number of nitrogens with zero attached hydrogens (tertiary/aromatic N) is 2. The highest BCUT2D eigenvalue weighted by Crippen LogP contribution is 2.31. The summed E-state index contributed by atoms with van der Waals surface area (Å²) < 4.78 is 5.55. The van der Waals surface area contributed by atoms with Crippen LogP contribution in [0, 0.1) is 0 Å². The third kappa shape index (κ3) is 2.87. The minimum Gasteiger partial charge on any atom is -0.380 e. The summed E-state index contributed by atoms with van der Waals surface area (Å²) in [5.74, 6) is 0. The van der Waals surface area contributed by atoms with Gasteiger partial charge in [0.1, 0.15) is 0 Å². The highest BCUT2D eigenvalue weighted by Gasteiger charge is 2.40. The Kier molecular flexibility index (Phi) is 5.01. The second-order valence-corrected chi connectivity index (χ2v) is 5.81. The first-order valence-electron chi connectivity index (χ1n) is 7.44. The van der Waals surface area contributed by atoms with Crippen LogP contribution in [0.2, 0.25) is 0 Å². The van der Waals surface area contributed by atoms with E-state index >= 15 is 0 Å². The lowest BCUT2D eigenvalue weighted by Crippen LogP contribution is -2.62. The molecule has 0 saturated carbocycles. The molecule has 0 aliphatic carbocycles. The summed E-state index contributed by atoms with van der Waals surface area (Å²) in [7, 11) is 1.84. The SMILES string of the molecule is CCN1CCC(CN)(N2CCCC(OC)C2)CC1. The molecule has 0 aromatic rings. The normalized spacial score (nSPS) is 30.5. The van der Waals surface area contributed by atoms with Crippen molar-refractivity contribution >= 4 is 0 Å². The van der Waals surface area contributed by atoms with Crippen LogP contribution < -0.4 is 5.73 Å². The summed E-state index contributed by atoms with van der Waals surface area (Å²) >= 11 is 0. The Morgan fingerprint density at radius 2 is 2.00 bits per heavy atom. The quantitative estimate of drug-likeness (QED) is 0.811. The van der Waals surface area contributed by atoms with E-state index in [-0.39, 0.29) is 5.54 Å². The van der Waals surface area contributed by atoms with Gasteiger partial charge in [-0.3, -0.25) is 4.90 Å². The Bertz CT molecular complexity index is 251. The molecule has 2 aliphatic heterocycles. The maximum Gasteiger partial charge on any atom is 0.0698 e. The molecular weight excluding hydrogens is 226 g/mol. The molecule has 2 N–H and O–H groups in total. The molecule has 1 atom stereocenters. The van der Waals surface area contributed by atoms with Crippen LogP contribution in [-0.2, 0) is 4.74 Å². The monoisotopic (exact) mass is 255 g/mol. The Labute approximate surface area is 111 Å². The van der Waals surface area contributed by atoms with Crippen molar-refractivity contribution in [2.75, 3.05) is 46.4 Å². The number of methoxy groups -OCH3 is 1. The molecular formula is C14H29N3O. The molecule has 0 amide bonds. The zero-order valence-corrected chi connectivity index (χ0v) is 12.0. The number of piperidine rings is 2. The van der Waals surface area contributed by atoms with Gasteiger partial charge in [-0.1, -0.05) is 6.92 Å². The first kappa shape index (κ1) is 14.3. The summed E-state index contributed by atoms with van der Waals surface area (Å²) in [5.41, 5.74) is 6.38. The Morgan fingerprint density at radius 3 is 2.56 bits per heavy atom. The molecule has 106 valence electrons. The van der Waals surface area contributed by atoms with Crippen LogP contribution >= 0.6 is 0 Å². The van der Waals surface area contributed by atoms with Gasteiger partial charge in [0.05, 0.1) is 6.10 Å². The second kappa shape index (κ2) is 6.33. The molecule has 0 aromatic carbocycles. The van der Waals surface area contributed by atoms with Crippen molar-refractivity contribution in [1.29, 1.82) is 0 Å². The lowest BCUT2D eigenvalue weighted by molar-refractivity contribution is -0.0397. The van der Waals surface area contributed by atoms with Gasteiger partial charge in [-0.25, -0.2) is 0 Å². The molecule has 0 bridgehead atoms. The van der Waals surface area contributed by atoms with E-state index in [1.54, 1.807) is 0 Å². The van der Waals surface area contributed by atoms with Crippen LogP contribution in [0.15, 0.2) is 0 Å². The lowest BCUT2D eigenvalue weighted by atomic mass is 9.84. The van der Waals surface area contributed by atoms with Gasteiger partial charge in [0, 0.05) is 25.7 Å². The van der Waals surface area contributed by atoms with E-state index < -0.39 is 0 Å². The van der Waals surface area contributed by atoms with Crippen molar-refractivity contribution in [3.63, 3.8) is 0 Å². The third-order valence-corrected chi connectivity index (χ3v) is 5.00.